The number of ether oxygens (including phenoxy) is 9. The molecule has 1 aromatic carbocycles. The summed E-state index contributed by atoms with van der Waals surface area (Å²) in [5.74, 6) is 0. The highest BCUT2D eigenvalue weighted by Gasteiger charge is 2.14. The van der Waals surface area contributed by atoms with Gasteiger partial charge in [0.05, 0.1) is 124 Å². The predicted molar refractivity (Wildman–Crippen MR) is 175 cm³/mol. The molecule has 0 bridgehead atoms. The van der Waals surface area contributed by atoms with E-state index in [0.717, 1.165) is 18.6 Å². The lowest BCUT2D eigenvalue weighted by Crippen LogP contribution is -2.15. The summed E-state index contributed by atoms with van der Waals surface area (Å²) in [4.78, 5) is 0.132. The lowest BCUT2D eigenvalue weighted by molar-refractivity contribution is -0.0254. The average Bonchev–Trinajstić information content (AvgIpc) is 3.05. The van der Waals surface area contributed by atoms with Crippen LogP contribution >= 0.6 is 0 Å². The molecule has 0 fully saturated rings. The Bertz CT molecular complexity index is 870. The number of hydrogen-bond donors (Lipinski definition) is 0. The first-order chi connectivity index (χ1) is 22.6. The van der Waals surface area contributed by atoms with E-state index in [-0.39, 0.29) is 18.1 Å². The van der Waals surface area contributed by atoms with Crippen molar-refractivity contribution in [2.75, 3.05) is 126 Å². The van der Waals surface area contributed by atoms with Gasteiger partial charge in [0.15, 0.2) is 0 Å². The van der Waals surface area contributed by atoms with Crippen LogP contribution in [0.2, 0.25) is 0 Å². The summed E-state index contributed by atoms with van der Waals surface area (Å²) in [5.41, 5.74) is 0.978. The van der Waals surface area contributed by atoms with Gasteiger partial charge in [0.1, 0.15) is 0 Å². The first kappa shape index (κ1) is 42.8. The fourth-order valence-corrected chi connectivity index (χ4v) is 4.71. The number of aryl methyl sites for hydroxylation is 1. The van der Waals surface area contributed by atoms with Crippen molar-refractivity contribution in [3.63, 3.8) is 0 Å². The van der Waals surface area contributed by atoms with Gasteiger partial charge in [-0.2, -0.15) is 8.42 Å². The van der Waals surface area contributed by atoms with Gasteiger partial charge < -0.3 is 42.6 Å². The quantitative estimate of drug-likeness (QED) is 0.0745. The van der Waals surface area contributed by atoms with E-state index < -0.39 is 10.1 Å². The summed E-state index contributed by atoms with van der Waals surface area (Å²) in [6, 6.07) is 6.49. The fourth-order valence-electron chi connectivity index (χ4n) is 3.82. The minimum atomic E-state index is -3.77. The Morgan fingerprint density at radius 3 is 1.09 bits per heavy atom. The Kier molecular flexibility index (Phi) is 30.1. The lowest BCUT2D eigenvalue weighted by atomic mass is 10.1. The first-order valence-corrected chi connectivity index (χ1v) is 18.1. The molecule has 0 N–H and O–H groups in total. The molecule has 0 saturated carbocycles. The third-order valence-electron chi connectivity index (χ3n) is 6.39. The van der Waals surface area contributed by atoms with Gasteiger partial charge in [-0.1, -0.05) is 56.7 Å². The summed E-state index contributed by atoms with van der Waals surface area (Å²) in [7, 11) is -3.77. The molecule has 1 aromatic rings. The molecule has 0 aliphatic rings. The van der Waals surface area contributed by atoms with E-state index in [0.29, 0.717) is 106 Å². The summed E-state index contributed by atoms with van der Waals surface area (Å²) in [6.07, 6.45) is 7.64. The smallest absolute Gasteiger partial charge is 0.297 e. The highest BCUT2D eigenvalue weighted by Crippen LogP contribution is 2.13. The van der Waals surface area contributed by atoms with Crippen LogP contribution in [-0.2, 0) is 56.9 Å². The van der Waals surface area contributed by atoms with Crippen LogP contribution in [0.1, 0.15) is 51.0 Å². The van der Waals surface area contributed by atoms with Crippen molar-refractivity contribution < 1.29 is 55.2 Å². The molecule has 13 heteroatoms. The van der Waals surface area contributed by atoms with Gasteiger partial charge in [-0.3, -0.25) is 4.18 Å². The largest absolute Gasteiger partial charge is 0.379 e. The molecule has 0 atom stereocenters. The molecule has 0 aromatic heterocycles. The Morgan fingerprint density at radius 2 is 0.717 bits per heavy atom. The number of hydrogen-bond acceptors (Lipinski definition) is 12. The molecule has 12 nitrogen and oxygen atoms in total. The second-order valence-electron chi connectivity index (χ2n) is 10.4. The number of benzene rings is 1. The second kappa shape index (κ2) is 32.3. The van der Waals surface area contributed by atoms with Crippen LogP contribution in [0.3, 0.4) is 0 Å². The third kappa shape index (κ3) is 27.8. The van der Waals surface area contributed by atoms with Gasteiger partial charge in [0.2, 0.25) is 0 Å². The minimum Gasteiger partial charge on any atom is -0.379 e. The normalized spacial score (nSPS) is 11.9. The van der Waals surface area contributed by atoms with Crippen LogP contribution in [0.4, 0.5) is 0 Å². The van der Waals surface area contributed by atoms with Crippen LogP contribution < -0.4 is 0 Å². The zero-order valence-corrected chi connectivity index (χ0v) is 29.1. The molecule has 0 heterocycles. The van der Waals surface area contributed by atoms with E-state index >= 15 is 0 Å². The zero-order valence-electron chi connectivity index (χ0n) is 28.3. The van der Waals surface area contributed by atoms with Crippen LogP contribution in [0.5, 0.6) is 0 Å². The van der Waals surface area contributed by atoms with Gasteiger partial charge in [0.25, 0.3) is 10.1 Å². The van der Waals surface area contributed by atoms with E-state index in [2.05, 4.69) is 6.92 Å². The Hall–Kier alpha value is -1.23. The third-order valence-corrected chi connectivity index (χ3v) is 7.72. The predicted octanol–water partition coefficient (Wildman–Crippen LogP) is 4.21. The molecule has 0 saturated heterocycles. The van der Waals surface area contributed by atoms with E-state index in [1.165, 1.54) is 44.2 Å². The molecule has 0 aliphatic carbocycles. The summed E-state index contributed by atoms with van der Waals surface area (Å²) >= 11 is 0. The van der Waals surface area contributed by atoms with E-state index in [1.807, 2.05) is 6.92 Å². The second-order valence-corrected chi connectivity index (χ2v) is 12.0. The van der Waals surface area contributed by atoms with Crippen LogP contribution in [-0.4, -0.2) is 134 Å². The topological polar surface area (TPSA) is 126 Å². The van der Waals surface area contributed by atoms with E-state index in [9.17, 15) is 8.42 Å². The van der Waals surface area contributed by atoms with Crippen molar-refractivity contribution in [2.45, 2.75) is 57.3 Å². The van der Waals surface area contributed by atoms with Gasteiger partial charge in [-0.15, -0.1) is 0 Å². The number of unbranched alkanes of at least 4 members (excludes halogenated alkanes) is 5. The molecular weight excluding hydrogens is 620 g/mol. The van der Waals surface area contributed by atoms with Crippen molar-refractivity contribution in [2.24, 2.45) is 0 Å². The molecule has 46 heavy (non-hydrogen) atoms. The van der Waals surface area contributed by atoms with E-state index in [4.69, 9.17) is 46.8 Å². The molecule has 1 rings (SSSR count). The lowest BCUT2D eigenvalue weighted by Gasteiger charge is -2.09. The van der Waals surface area contributed by atoms with Crippen LogP contribution in [0.15, 0.2) is 29.2 Å². The van der Waals surface area contributed by atoms with Gasteiger partial charge in [-0.05, 0) is 25.5 Å². The van der Waals surface area contributed by atoms with Gasteiger partial charge >= 0.3 is 0 Å². The Morgan fingerprint density at radius 1 is 0.413 bits per heavy atom. The SMILES string of the molecule is CCCCCCCCOCCOCCOCCOCCOCCOCCOCCOCCOCCOS(=O)(=O)c1ccc(C)cc1. The highest BCUT2D eigenvalue weighted by atomic mass is 32.2. The molecule has 270 valence electrons. The van der Waals surface area contributed by atoms with E-state index in [1.54, 1.807) is 12.1 Å². The molecule has 0 radical (unpaired) electrons. The Labute approximate surface area is 277 Å². The molecule has 0 aliphatic heterocycles. The number of rotatable bonds is 36. The van der Waals surface area contributed by atoms with Crippen molar-refractivity contribution in [3.05, 3.63) is 29.8 Å². The van der Waals surface area contributed by atoms with Crippen molar-refractivity contribution in [1.29, 1.82) is 0 Å². The molecule has 0 spiro atoms. The standard InChI is InChI=1S/C33H60O12S/c1-3-4-5-6-7-8-13-36-14-15-37-16-17-38-18-19-39-20-21-40-22-23-41-24-25-42-26-27-43-28-29-44-30-31-45-46(34,35)33-11-9-32(2)10-12-33/h9-12H,3-8,13-31H2,1-2H3. The first-order valence-electron chi connectivity index (χ1n) is 16.7. The van der Waals surface area contributed by atoms with Gasteiger partial charge in [-0.25, -0.2) is 0 Å². The van der Waals surface area contributed by atoms with Crippen molar-refractivity contribution in [1.82, 2.24) is 0 Å². The summed E-state index contributed by atoms with van der Waals surface area (Å²) < 4.78 is 78.3. The maximum Gasteiger partial charge on any atom is 0.297 e. The minimum absolute atomic E-state index is 0.0547. The maximum atomic E-state index is 12.1. The zero-order chi connectivity index (χ0) is 33.2. The summed E-state index contributed by atoms with van der Waals surface area (Å²) in [6.45, 7) is 12.9. The molecule has 0 unspecified atom stereocenters. The fraction of sp³-hybridized carbons (Fsp3) is 0.818. The van der Waals surface area contributed by atoms with Crippen molar-refractivity contribution in [3.8, 4) is 0 Å². The maximum absolute atomic E-state index is 12.1. The van der Waals surface area contributed by atoms with Crippen LogP contribution in [0, 0.1) is 6.92 Å². The molecule has 0 amide bonds. The van der Waals surface area contributed by atoms with Gasteiger partial charge in [0, 0.05) is 6.61 Å². The highest BCUT2D eigenvalue weighted by molar-refractivity contribution is 7.86. The summed E-state index contributed by atoms with van der Waals surface area (Å²) in [5, 5.41) is 0. The average molecular weight is 681 g/mol. The monoisotopic (exact) mass is 680 g/mol. The molecular formula is C33H60O12S. The van der Waals surface area contributed by atoms with Crippen LogP contribution in [0.25, 0.3) is 0 Å². The van der Waals surface area contributed by atoms with Crippen molar-refractivity contribution >= 4 is 10.1 Å². The Balaban J connectivity index is 1.68.